The minimum Gasteiger partial charge on any atom is -0.548 e. The van der Waals surface area contributed by atoms with Gasteiger partial charge in [-0.2, -0.15) is 0 Å². The van der Waals surface area contributed by atoms with Gasteiger partial charge in [-0.25, -0.2) is 4.39 Å². The second-order valence-corrected chi connectivity index (χ2v) is 7.22. The number of hydrogen-bond acceptors (Lipinski definition) is 6. The number of nitrogens with zero attached hydrogens (tertiary/aromatic N) is 2. The Balaban J connectivity index is 1.81. The summed E-state index contributed by atoms with van der Waals surface area (Å²) in [7, 11) is 0. The SMILES string of the molecule is O=C([O-])CN1C(=O)/C(=C/c2ccc(N3CCCC3)c(F)c2)SC1=S. The van der Waals surface area contributed by atoms with E-state index in [2.05, 4.69) is 0 Å². The maximum absolute atomic E-state index is 14.3. The molecule has 5 nitrogen and oxygen atoms in total. The van der Waals surface area contributed by atoms with Crippen molar-refractivity contribution in [1.29, 1.82) is 0 Å². The van der Waals surface area contributed by atoms with E-state index in [1.54, 1.807) is 12.1 Å². The van der Waals surface area contributed by atoms with Crippen LogP contribution < -0.4 is 10.0 Å². The Hall–Kier alpha value is -1.93. The van der Waals surface area contributed by atoms with E-state index in [0.717, 1.165) is 42.6 Å². The molecule has 24 heavy (non-hydrogen) atoms. The van der Waals surface area contributed by atoms with Crippen LogP contribution in [0.15, 0.2) is 23.1 Å². The summed E-state index contributed by atoms with van der Waals surface area (Å²) >= 11 is 6.00. The second kappa shape index (κ2) is 6.90. The van der Waals surface area contributed by atoms with Crippen LogP contribution in [0.2, 0.25) is 0 Å². The Labute approximate surface area is 148 Å². The molecule has 3 rings (SSSR count). The van der Waals surface area contributed by atoms with Gasteiger partial charge < -0.3 is 14.8 Å². The van der Waals surface area contributed by atoms with Gasteiger partial charge in [0.25, 0.3) is 5.91 Å². The number of carbonyl (C=O) groups excluding carboxylic acids is 2. The number of carboxylic acids is 1. The molecule has 1 aromatic carbocycles. The zero-order valence-corrected chi connectivity index (χ0v) is 14.3. The second-order valence-electron chi connectivity index (χ2n) is 5.54. The van der Waals surface area contributed by atoms with Gasteiger partial charge in [0.2, 0.25) is 0 Å². The number of thiocarbonyl (C=S) groups is 1. The zero-order chi connectivity index (χ0) is 17.3. The minimum atomic E-state index is -1.38. The molecule has 0 aliphatic carbocycles. The van der Waals surface area contributed by atoms with Gasteiger partial charge in [0.15, 0.2) is 0 Å². The average Bonchev–Trinajstić information content (AvgIpc) is 3.12. The summed E-state index contributed by atoms with van der Waals surface area (Å²) in [6.45, 7) is 1.11. The van der Waals surface area contributed by atoms with Crippen molar-refractivity contribution in [3.63, 3.8) is 0 Å². The van der Waals surface area contributed by atoms with Gasteiger partial charge in [-0.3, -0.25) is 9.69 Å². The van der Waals surface area contributed by atoms with Crippen LogP contribution in [0.5, 0.6) is 0 Å². The van der Waals surface area contributed by atoms with Crippen molar-refractivity contribution in [2.45, 2.75) is 12.8 Å². The van der Waals surface area contributed by atoms with Gasteiger partial charge in [0.1, 0.15) is 10.1 Å². The first-order chi connectivity index (χ1) is 11.5. The Bertz CT molecular complexity index is 745. The fraction of sp³-hybridized carbons (Fsp3) is 0.312. The van der Waals surface area contributed by atoms with Gasteiger partial charge in [-0.15, -0.1) is 0 Å². The summed E-state index contributed by atoms with van der Waals surface area (Å²) < 4.78 is 14.5. The summed E-state index contributed by atoms with van der Waals surface area (Å²) in [6, 6.07) is 4.81. The fourth-order valence-electron chi connectivity index (χ4n) is 2.74. The van der Waals surface area contributed by atoms with E-state index in [1.807, 2.05) is 4.90 Å². The maximum atomic E-state index is 14.3. The van der Waals surface area contributed by atoms with Crippen molar-refractivity contribution < 1.29 is 19.1 Å². The first kappa shape index (κ1) is 16.9. The molecule has 126 valence electrons. The van der Waals surface area contributed by atoms with Crippen LogP contribution in [0, 0.1) is 5.82 Å². The predicted octanol–water partition coefficient (Wildman–Crippen LogP) is 1.38. The lowest BCUT2D eigenvalue weighted by Gasteiger charge is -2.18. The topological polar surface area (TPSA) is 63.7 Å². The molecule has 2 aliphatic rings. The number of anilines is 1. The van der Waals surface area contributed by atoms with Crippen LogP contribution in [-0.2, 0) is 9.59 Å². The molecule has 0 unspecified atom stereocenters. The molecule has 0 saturated carbocycles. The monoisotopic (exact) mass is 365 g/mol. The standard InChI is InChI=1S/C16H15FN2O3S2/c17-11-7-10(3-4-12(11)18-5-1-2-6-18)8-13-15(22)19(9-14(20)21)16(23)24-13/h3-4,7-8H,1-2,5-6,9H2,(H,20,21)/p-1/b13-8-. The molecular weight excluding hydrogens is 351 g/mol. The van der Waals surface area contributed by atoms with E-state index in [9.17, 15) is 19.1 Å². The molecular formula is C16H14FN2O3S2-. The Morgan fingerprint density at radius 3 is 2.71 bits per heavy atom. The molecule has 0 bridgehead atoms. The quantitative estimate of drug-likeness (QED) is 0.593. The number of carboxylic acid groups (broad SMARTS) is 1. The van der Waals surface area contributed by atoms with Gasteiger partial charge in [0, 0.05) is 13.1 Å². The van der Waals surface area contributed by atoms with Gasteiger partial charge in [0.05, 0.1) is 23.1 Å². The lowest BCUT2D eigenvalue weighted by Crippen LogP contribution is -2.40. The fourth-order valence-corrected chi connectivity index (χ4v) is 4.00. The molecule has 0 radical (unpaired) electrons. The Morgan fingerprint density at radius 2 is 2.08 bits per heavy atom. The summed E-state index contributed by atoms with van der Waals surface area (Å²) in [6.07, 6.45) is 3.63. The molecule has 8 heteroatoms. The van der Waals surface area contributed by atoms with E-state index in [0.29, 0.717) is 11.3 Å². The number of rotatable bonds is 4. The van der Waals surface area contributed by atoms with Gasteiger partial charge in [-0.05, 0) is 36.6 Å². The van der Waals surface area contributed by atoms with Crippen LogP contribution in [-0.4, -0.2) is 40.7 Å². The lowest BCUT2D eigenvalue weighted by molar-refractivity contribution is -0.305. The molecule has 2 heterocycles. The normalized spacial score (nSPS) is 19.6. The number of aliphatic carboxylic acids is 1. The molecule has 2 aliphatic heterocycles. The van der Waals surface area contributed by atoms with Crippen molar-refractivity contribution in [3.8, 4) is 0 Å². The summed E-state index contributed by atoms with van der Waals surface area (Å²) in [4.78, 5) is 26.1. The Kier molecular flexibility index (Phi) is 4.86. The molecule has 2 saturated heterocycles. The van der Waals surface area contributed by atoms with Crippen molar-refractivity contribution in [3.05, 3.63) is 34.5 Å². The van der Waals surface area contributed by atoms with E-state index in [-0.39, 0.29) is 15.0 Å². The Morgan fingerprint density at radius 1 is 1.38 bits per heavy atom. The van der Waals surface area contributed by atoms with Crippen LogP contribution in [0.3, 0.4) is 0 Å². The van der Waals surface area contributed by atoms with Gasteiger partial charge >= 0.3 is 0 Å². The molecule has 0 N–H and O–H groups in total. The first-order valence-corrected chi connectivity index (χ1v) is 8.68. The third-order valence-corrected chi connectivity index (χ3v) is 5.25. The van der Waals surface area contributed by atoms with Crippen molar-refractivity contribution >= 4 is 51.9 Å². The number of hydrogen-bond donors (Lipinski definition) is 0. The maximum Gasteiger partial charge on any atom is 0.266 e. The highest BCUT2D eigenvalue weighted by Crippen LogP contribution is 2.33. The number of thioether (sulfide) groups is 1. The highest BCUT2D eigenvalue weighted by molar-refractivity contribution is 8.26. The largest absolute Gasteiger partial charge is 0.548 e. The smallest absolute Gasteiger partial charge is 0.266 e. The van der Waals surface area contributed by atoms with E-state index in [1.165, 1.54) is 12.1 Å². The lowest BCUT2D eigenvalue weighted by atomic mass is 10.1. The minimum absolute atomic E-state index is 0.157. The third kappa shape index (κ3) is 3.44. The number of amides is 1. The summed E-state index contributed by atoms with van der Waals surface area (Å²) in [5.74, 6) is -2.22. The summed E-state index contributed by atoms with van der Waals surface area (Å²) in [5.41, 5.74) is 1.10. The highest BCUT2D eigenvalue weighted by Gasteiger charge is 2.31. The molecule has 1 aromatic rings. The van der Waals surface area contributed by atoms with E-state index < -0.39 is 18.4 Å². The number of halogens is 1. The van der Waals surface area contributed by atoms with Crippen LogP contribution >= 0.6 is 24.0 Å². The van der Waals surface area contributed by atoms with Crippen molar-refractivity contribution in [2.75, 3.05) is 24.5 Å². The molecule has 2 fully saturated rings. The molecule has 0 aromatic heterocycles. The molecule has 1 amide bonds. The van der Waals surface area contributed by atoms with Crippen molar-refractivity contribution in [2.24, 2.45) is 0 Å². The van der Waals surface area contributed by atoms with E-state index >= 15 is 0 Å². The van der Waals surface area contributed by atoms with Crippen LogP contribution in [0.1, 0.15) is 18.4 Å². The third-order valence-electron chi connectivity index (χ3n) is 3.88. The number of benzene rings is 1. The zero-order valence-electron chi connectivity index (χ0n) is 12.7. The van der Waals surface area contributed by atoms with Crippen LogP contribution in [0.25, 0.3) is 6.08 Å². The van der Waals surface area contributed by atoms with E-state index in [4.69, 9.17) is 12.2 Å². The molecule has 0 atom stereocenters. The first-order valence-electron chi connectivity index (χ1n) is 7.45. The predicted molar refractivity (Wildman–Crippen MR) is 92.7 cm³/mol. The summed E-state index contributed by atoms with van der Waals surface area (Å²) in [5, 5.41) is 10.7. The highest BCUT2D eigenvalue weighted by atomic mass is 32.2. The number of carbonyl (C=O) groups is 2. The van der Waals surface area contributed by atoms with Gasteiger partial charge in [-0.1, -0.05) is 30.0 Å². The van der Waals surface area contributed by atoms with Crippen molar-refractivity contribution in [1.82, 2.24) is 4.90 Å². The average molecular weight is 365 g/mol. The van der Waals surface area contributed by atoms with Crippen LogP contribution in [0.4, 0.5) is 10.1 Å². The molecule has 0 spiro atoms.